The monoisotopic (exact) mass is 756 g/mol. The number of hydrogen-bond donors (Lipinski definition) is 0. The van der Waals surface area contributed by atoms with Crippen molar-refractivity contribution in [3.05, 3.63) is 194 Å². The summed E-state index contributed by atoms with van der Waals surface area (Å²) in [4.78, 5) is 15.9. The molecule has 0 N–H and O–H groups in total. The molecule has 3 heterocycles. The predicted molar refractivity (Wildman–Crippen MR) is 244 cm³/mol. The molecule has 0 saturated heterocycles. The number of aromatic nitrogens is 4. The van der Waals surface area contributed by atoms with Gasteiger partial charge in [-0.25, -0.2) is 15.0 Å². The Morgan fingerprint density at radius 3 is 1.79 bits per heavy atom. The molecular weight excluding hydrogens is 725 g/mol. The SMILES string of the molecule is c1ccc(-c2ccc(-c3nc(-c4cccc5c(-n6c7ccccc7c7cc8ccccc8cc76)cccc45)nc(-c4cccc5sc6ccccc6c45)n3)cc2)cc1. The van der Waals surface area contributed by atoms with Crippen molar-refractivity contribution < 1.29 is 0 Å². The van der Waals surface area contributed by atoms with Crippen molar-refractivity contribution in [3.63, 3.8) is 0 Å². The number of fused-ring (bicyclic) bond motifs is 8. The normalized spacial score (nSPS) is 11.8. The largest absolute Gasteiger partial charge is 0.309 e. The van der Waals surface area contributed by atoms with E-state index in [9.17, 15) is 0 Å². The Hall–Kier alpha value is -7.47. The van der Waals surface area contributed by atoms with Crippen molar-refractivity contribution in [2.24, 2.45) is 0 Å². The van der Waals surface area contributed by atoms with Gasteiger partial charge < -0.3 is 4.57 Å². The summed E-state index contributed by atoms with van der Waals surface area (Å²) in [6, 6.07) is 69.2. The Labute approximate surface area is 338 Å². The second kappa shape index (κ2) is 13.1. The Kier molecular flexibility index (Phi) is 7.37. The first-order valence-corrected chi connectivity index (χ1v) is 20.3. The maximum Gasteiger partial charge on any atom is 0.164 e. The van der Waals surface area contributed by atoms with Gasteiger partial charge in [-0.15, -0.1) is 11.3 Å². The molecule has 0 aliphatic carbocycles. The molecule has 0 unspecified atom stereocenters. The van der Waals surface area contributed by atoms with Crippen molar-refractivity contribution in [2.45, 2.75) is 0 Å². The minimum absolute atomic E-state index is 0.638. The quantitative estimate of drug-likeness (QED) is 0.176. The molecule has 58 heavy (non-hydrogen) atoms. The number of para-hydroxylation sites is 1. The van der Waals surface area contributed by atoms with Crippen molar-refractivity contribution >= 4 is 74.9 Å². The van der Waals surface area contributed by atoms with E-state index in [1.54, 1.807) is 11.3 Å². The summed E-state index contributed by atoms with van der Waals surface area (Å²) in [6.07, 6.45) is 0. The summed E-state index contributed by atoms with van der Waals surface area (Å²) in [6.45, 7) is 0. The predicted octanol–water partition coefficient (Wildman–Crippen LogP) is 14.3. The van der Waals surface area contributed by atoms with E-state index >= 15 is 0 Å². The van der Waals surface area contributed by atoms with Gasteiger partial charge in [0.05, 0.1) is 16.7 Å². The summed E-state index contributed by atoms with van der Waals surface area (Å²) in [5.74, 6) is 1.93. The Balaban J connectivity index is 1.09. The highest BCUT2D eigenvalue weighted by Crippen LogP contribution is 2.41. The van der Waals surface area contributed by atoms with Gasteiger partial charge in [0.25, 0.3) is 0 Å². The van der Waals surface area contributed by atoms with Gasteiger partial charge in [0.1, 0.15) is 0 Å². The molecule has 5 heteroatoms. The molecule has 9 aromatic carbocycles. The maximum atomic E-state index is 5.35. The first-order chi connectivity index (χ1) is 28.7. The zero-order valence-electron chi connectivity index (χ0n) is 31.2. The standard InChI is InChI=1S/C53H32N4S/c1-2-13-33(14-3-1)34-27-29-35(30-28-34)51-54-52(56-53(55-51)43-22-12-26-49-50(43)42-18-7-9-25-48(42)58-49)41-21-10-20-39-38(41)19-11-24-46(39)57-45-23-8-6-17-40(45)44-31-36-15-4-5-16-37(36)32-47(44)57/h1-32H. The Bertz CT molecular complexity index is 3560. The van der Waals surface area contributed by atoms with Crippen LogP contribution in [-0.4, -0.2) is 19.5 Å². The third-order valence-electron chi connectivity index (χ3n) is 11.4. The van der Waals surface area contributed by atoms with E-state index in [4.69, 9.17) is 15.0 Å². The van der Waals surface area contributed by atoms with Crippen molar-refractivity contribution in [2.75, 3.05) is 0 Å². The van der Waals surface area contributed by atoms with Crippen LogP contribution in [0.2, 0.25) is 0 Å². The Morgan fingerprint density at radius 2 is 0.931 bits per heavy atom. The van der Waals surface area contributed by atoms with Gasteiger partial charge in [-0.2, -0.15) is 0 Å². The van der Waals surface area contributed by atoms with Crippen molar-refractivity contribution in [1.29, 1.82) is 0 Å². The highest BCUT2D eigenvalue weighted by molar-refractivity contribution is 7.25. The summed E-state index contributed by atoms with van der Waals surface area (Å²) in [7, 11) is 0. The topological polar surface area (TPSA) is 43.6 Å². The van der Waals surface area contributed by atoms with Gasteiger partial charge in [0, 0.05) is 53.0 Å². The molecule has 0 saturated carbocycles. The van der Waals surface area contributed by atoms with E-state index in [1.165, 1.54) is 58.3 Å². The molecule has 0 fully saturated rings. The maximum absolute atomic E-state index is 5.35. The van der Waals surface area contributed by atoms with Crippen LogP contribution >= 0.6 is 11.3 Å². The number of hydrogen-bond acceptors (Lipinski definition) is 4. The lowest BCUT2D eigenvalue weighted by Gasteiger charge is -2.15. The van der Waals surface area contributed by atoms with E-state index in [2.05, 4.69) is 193 Å². The first kappa shape index (κ1) is 32.7. The van der Waals surface area contributed by atoms with Crippen LogP contribution in [0.4, 0.5) is 0 Å². The molecule has 0 spiro atoms. The van der Waals surface area contributed by atoms with Gasteiger partial charge >= 0.3 is 0 Å². The second-order valence-electron chi connectivity index (χ2n) is 14.8. The number of benzene rings is 9. The molecule has 0 radical (unpaired) electrons. The lowest BCUT2D eigenvalue weighted by molar-refractivity contribution is 1.08. The van der Waals surface area contributed by atoms with E-state index in [1.807, 2.05) is 6.07 Å². The van der Waals surface area contributed by atoms with Crippen LogP contribution in [0, 0.1) is 0 Å². The molecule has 12 aromatic rings. The van der Waals surface area contributed by atoms with Gasteiger partial charge in [-0.05, 0) is 63.7 Å². The average Bonchev–Trinajstić information content (AvgIpc) is 3.83. The third kappa shape index (κ3) is 5.18. The van der Waals surface area contributed by atoms with Gasteiger partial charge in [-0.1, -0.05) is 158 Å². The fourth-order valence-corrected chi connectivity index (χ4v) is 9.88. The van der Waals surface area contributed by atoms with E-state index < -0.39 is 0 Å². The molecule has 0 atom stereocenters. The Morgan fingerprint density at radius 1 is 0.345 bits per heavy atom. The van der Waals surface area contributed by atoms with Crippen LogP contribution in [-0.2, 0) is 0 Å². The fraction of sp³-hybridized carbons (Fsp3) is 0. The summed E-state index contributed by atoms with van der Waals surface area (Å²) in [5, 5.41) is 9.51. The highest BCUT2D eigenvalue weighted by atomic mass is 32.1. The van der Waals surface area contributed by atoms with Crippen molar-refractivity contribution in [1.82, 2.24) is 19.5 Å². The number of rotatable bonds is 5. The summed E-state index contributed by atoms with van der Waals surface area (Å²) < 4.78 is 4.88. The van der Waals surface area contributed by atoms with E-state index in [0.717, 1.165) is 38.7 Å². The summed E-state index contributed by atoms with van der Waals surface area (Å²) in [5.41, 5.74) is 8.67. The molecular formula is C53H32N4S. The minimum atomic E-state index is 0.638. The molecule has 0 aliphatic rings. The smallest absolute Gasteiger partial charge is 0.164 e. The van der Waals surface area contributed by atoms with Gasteiger partial charge in [0.15, 0.2) is 17.5 Å². The average molecular weight is 757 g/mol. The second-order valence-corrected chi connectivity index (χ2v) is 15.9. The fourth-order valence-electron chi connectivity index (χ4n) is 8.75. The van der Waals surface area contributed by atoms with Gasteiger partial charge in [0.2, 0.25) is 0 Å². The van der Waals surface area contributed by atoms with Crippen LogP contribution in [0.15, 0.2) is 194 Å². The highest BCUT2D eigenvalue weighted by Gasteiger charge is 2.20. The third-order valence-corrected chi connectivity index (χ3v) is 12.6. The van der Waals surface area contributed by atoms with Crippen LogP contribution < -0.4 is 0 Å². The van der Waals surface area contributed by atoms with Crippen molar-refractivity contribution in [3.8, 4) is 51.0 Å². The van der Waals surface area contributed by atoms with E-state index in [-0.39, 0.29) is 0 Å². The molecule has 0 amide bonds. The van der Waals surface area contributed by atoms with Crippen LogP contribution in [0.1, 0.15) is 0 Å². The molecule has 12 rings (SSSR count). The molecule has 3 aromatic heterocycles. The minimum Gasteiger partial charge on any atom is -0.309 e. The zero-order chi connectivity index (χ0) is 38.2. The lowest BCUT2D eigenvalue weighted by atomic mass is 10.0. The molecule has 270 valence electrons. The molecule has 0 aliphatic heterocycles. The first-order valence-electron chi connectivity index (χ1n) is 19.5. The van der Waals surface area contributed by atoms with Crippen LogP contribution in [0.5, 0.6) is 0 Å². The van der Waals surface area contributed by atoms with E-state index in [0.29, 0.717) is 17.5 Å². The molecule has 4 nitrogen and oxygen atoms in total. The lowest BCUT2D eigenvalue weighted by Crippen LogP contribution is -2.01. The van der Waals surface area contributed by atoms with Crippen LogP contribution in [0.3, 0.4) is 0 Å². The van der Waals surface area contributed by atoms with Crippen LogP contribution in [0.25, 0.3) is 115 Å². The molecule has 0 bridgehead atoms. The number of nitrogens with zero attached hydrogens (tertiary/aromatic N) is 4. The van der Waals surface area contributed by atoms with Gasteiger partial charge in [-0.3, -0.25) is 0 Å². The summed E-state index contributed by atoms with van der Waals surface area (Å²) >= 11 is 1.80. The number of thiophene rings is 1. The zero-order valence-corrected chi connectivity index (χ0v) is 32.0.